The Hall–Kier alpha value is -2.57. The second-order valence-electron chi connectivity index (χ2n) is 3.81. The normalized spacial score (nSPS) is 10.0. The molecule has 0 aromatic carbocycles. The minimum atomic E-state index is 0.224. The first kappa shape index (κ1) is 12.9. The van der Waals surface area contributed by atoms with Crippen molar-refractivity contribution in [2.45, 2.75) is 6.54 Å². The molecule has 2 aromatic heterocycles. The van der Waals surface area contributed by atoms with Crippen LogP contribution in [0.15, 0.2) is 24.4 Å². The topological polar surface area (TPSA) is 98.0 Å². The third-order valence-corrected chi connectivity index (χ3v) is 2.48. The van der Waals surface area contributed by atoms with Crippen LogP contribution in [0.1, 0.15) is 5.56 Å². The standard InChI is InChI=1S/C12H16N6O/c1-14-9-5-10(18-12(13)17-9)15-6-8-3-4-11(19-2)16-7-8/h3-5,7H,6H2,1-2H3,(H4,13,14,15,17,18). The van der Waals surface area contributed by atoms with Crippen LogP contribution in [0, 0.1) is 0 Å². The molecule has 7 nitrogen and oxygen atoms in total. The molecule has 4 N–H and O–H groups in total. The third kappa shape index (κ3) is 3.44. The lowest BCUT2D eigenvalue weighted by Gasteiger charge is -2.08. The zero-order valence-electron chi connectivity index (χ0n) is 10.8. The van der Waals surface area contributed by atoms with Crippen LogP contribution in [0.3, 0.4) is 0 Å². The van der Waals surface area contributed by atoms with Gasteiger partial charge in [-0.1, -0.05) is 6.07 Å². The molecule has 2 rings (SSSR count). The molecule has 0 radical (unpaired) electrons. The van der Waals surface area contributed by atoms with E-state index < -0.39 is 0 Å². The van der Waals surface area contributed by atoms with Gasteiger partial charge in [-0.25, -0.2) is 4.98 Å². The van der Waals surface area contributed by atoms with E-state index in [1.807, 2.05) is 12.1 Å². The van der Waals surface area contributed by atoms with Crippen LogP contribution in [0.2, 0.25) is 0 Å². The summed E-state index contributed by atoms with van der Waals surface area (Å²) in [5.41, 5.74) is 6.63. The lowest BCUT2D eigenvalue weighted by molar-refractivity contribution is 0.397. The summed E-state index contributed by atoms with van der Waals surface area (Å²) >= 11 is 0. The van der Waals surface area contributed by atoms with Crippen LogP contribution in [-0.2, 0) is 6.54 Å². The quantitative estimate of drug-likeness (QED) is 0.740. The molecule has 0 saturated heterocycles. The average Bonchev–Trinajstić information content (AvgIpc) is 2.45. The van der Waals surface area contributed by atoms with Gasteiger partial charge in [0, 0.05) is 31.9 Å². The van der Waals surface area contributed by atoms with E-state index in [0.717, 1.165) is 5.56 Å². The maximum absolute atomic E-state index is 5.61. The summed E-state index contributed by atoms with van der Waals surface area (Å²) in [5, 5.41) is 6.08. The second-order valence-corrected chi connectivity index (χ2v) is 3.81. The van der Waals surface area contributed by atoms with Gasteiger partial charge in [0.25, 0.3) is 0 Å². The molecule has 0 aliphatic rings. The molecule has 0 unspecified atom stereocenters. The van der Waals surface area contributed by atoms with E-state index >= 15 is 0 Å². The number of aromatic nitrogens is 3. The molecule has 19 heavy (non-hydrogen) atoms. The fourth-order valence-electron chi connectivity index (χ4n) is 1.51. The minimum absolute atomic E-state index is 0.224. The lowest BCUT2D eigenvalue weighted by Crippen LogP contribution is -2.06. The van der Waals surface area contributed by atoms with Crippen molar-refractivity contribution in [1.82, 2.24) is 15.0 Å². The smallest absolute Gasteiger partial charge is 0.223 e. The number of nitrogens with two attached hydrogens (primary N) is 1. The summed E-state index contributed by atoms with van der Waals surface area (Å²) in [6.45, 7) is 0.594. The van der Waals surface area contributed by atoms with Gasteiger partial charge >= 0.3 is 0 Å². The Morgan fingerprint density at radius 1 is 1.26 bits per heavy atom. The molecule has 0 spiro atoms. The van der Waals surface area contributed by atoms with Crippen molar-refractivity contribution >= 4 is 17.6 Å². The Bertz CT molecular complexity index is 542. The molecule has 2 aromatic rings. The second kappa shape index (κ2) is 5.85. The number of methoxy groups -OCH3 is 1. The molecule has 100 valence electrons. The van der Waals surface area contributed by atoms with E-state index in [0.29, 0.717) is 24.1 Å². The van der Waals surface area contributed by atoms with E-state index in [-0.39, 0.29) is 5.95 Å². The van der Waals surface area contributed by atoms with Crippen molar-refractivity contribution in [3.05, 3.63) is 30.0 Å². The van der Waals surface area contributed by atoms with Crippen LogP contribution >= 0.6 is 0 Å². The Morgan fingerprint density at radius 2 is 2.05 bits per heavy atom. The monoisotopic (exact) mass is 260 g/mol. The van der Waals surface area contributed by atoms with Gasteiger partial charge in [-0.15, -0.1) is 0 Å². The van der Waals surface area contributed by atoms with Crippen molar-refractivity contribution in [1.29, 1.82) is 0 Å². The van der Waals surface area contributed by atoms with Crippen LogP contribution in [0.4, 0.5) is 17.6 Å². The number of hydrogen-bond acceptors (Lipinski definition) is 7. The molecule has 0 aliphatic heterocycles. The summed E-state index contributed by atoms with van der Waals surface area (Å²) in [6, 6.07) is 5.53. The number of ether oxygens (including phenoxy) is 1. The minimum Gasteiger partial charge on any atom is -0.481 e. The van der Waals surface area contributed by atoms with Gasteiger partial charge in [0.1, 0.15) is 11.6 Å². The Labute approximate surface area is 111 Å². The summed E-state index contributed by atoms with van der Waals surface area (Å²) in [5.74, 6) is 2.14. The summed E-state index contributed by atoms with van der Waals surface area (Å²) in [6.07, 6.45) is 1.75. The Kier molecular flexibility index (Phi) is 3.97. The van der Waals surface area contributed by atoms with Gasteiger partial charge in [-0.05, 0) is 5.56 Å². The van der Waals surface area contributed by atoms with Crippen molar-refractivity contribution in [2.24, 2.45) is 0 Å². The van der Waals surface area contributed by atoms with E-state index in [4.69, 9.17) is 10.5 Å². The molecular formula is C12H16N6O. The van der Waals surface area contributed by atoms with Crippen molar-refractivity contribution in [3.63, 3.8) is 0 Å². The molecule has 0 atom stereocenters. The fourth-order valence-corrected chi connectivity index (χ4v) is 1.51. The van der Waals surface area contributed by atoms with Crippen LogP contribution in [0.5, 0.6) is 5.88 Å². The number of anilines is 3. The van der Waals surface area contributed by atoms with Gasteiger partial charge in [0.05, 0.1) is 7.11 Å². The van der Waals surface area contributed by atoms with Crippen molar-refractivity contribution in [2.75, 3.05) is 30.5 Å². The fraction of sp³-hybridized carbons (Fsp3) is 0.250. The van der Waals surface area contributed by atoms with Crippen LogP contribution < -0.4 is 21.1 Å². The first-order valence-electron chi connectivity index (χ1n) is 5.76. The Morgan fingerprint density at radius 3 is 2.68 bits per heavy atom. The maximum atomic E-state index is 5.61. The number of pyridine rings is 1. The molecule has 0 aliphatic carbocycles. The maximum Gasteiger partial charge on any atom is 0.223 e. The average molecular weight is 260 g/mol. The van der Waals surface area contributed by atoms with E-state index in [9.17, 15) is 0 Å². The van der Waals surface area contributed by atoms with Crippen LogP contribution in [-0.4, -0.2) is 29.1 Å². The van der Waals surface area contributed by atoms with Gasteiger partial charge in [-0.2, -0.15) is 9.97 Å². The lowest BCUT2D eigenvalue weighted by atomic mass is 10.3. The molecule has 0 bridgehead atoms. The van der Waals surface area contributed by atoms with E-state index in [1.54, 1.807) is 26.4 Å². The van der Waals surface area contributed by atoms with Gasteiger partial charge in [-0.3, -0.25) is 0 Å². The molecular weight excluding hydrogens is 244 g/mol. The number of rotatable bonds is 5. The highest BCUT2D eigenvalue weighted by Gasteiger charge is 2.01. The van der Waals surface area contributed by atoms with E-state index in [1.165, 1.54) is 0 Å². The van der Waals surface area contributed by atoms with Gasteiger partial charge in [0.2, 0.25) is 11.8 Å². The Balaban J connectivity index is 2.03. The highest BCUT2D eigenvalue weighted by molar-refractivity contribution is 5.50. The molecule has 0 fully saturated rings. The number of nitrogen functional groups attached to an aromatic ring is 1. The molecule has 2 heterocycles. The predicted molar refractivity (Wildman–Crippen MR) is 74.1 cm³/mol. The number of nitrogens with zero attached hydrogens (tertiary/aromatic N) is 3. The highest BCUT2D eigenvalue weighted by Crippen LogP contribution is 2.13. The zero-order valence-corrected chi connectivity index (χ0v) is 10.8. The summed E-state index contributed by atoms with van der Waals surface area (Å²) in [7, 11) is 3.36. The van der Waals surface area contributed by atoms with Crippen molar-refractivity contribution in [3.8, 4) is 5.88 Å². The van der Waals surface area contributed by atoms with Crippen molar-refractivity contribution < 1.29 is 4.74 Å². The summed E-state index contributed by atoms with van der Waals surface area (Å²) < 4.78 is 5.00. The first-order valence-corrected chi connectivity index (χ1v) is 5.76. The molecule has 0 amide bonds. The van der Waals surface area contributed by atoms with Gasteiger partial charge < -0.3 is 21.1 Å². The number of nitrogens with one attached hydrogen (secondary N) is 2. The SMILES string of the molecule is CNc1cc(NCc2ccc(OC)nc2)nc(N)n1. The zero-order chi connectivity index (χ0) is 13.7. The first-order chi connectivity index (χ1) is 9.21. The number of hydrogen-bond donors (Lipinski definition) is 3. The van der Waals surface area contributed by atoms with Gasteiger partial charge in [0.15, 0.2) is 0 Å². The summed E-state index contributed by atoms with van der Waals surface area (Å²) in [4.78, 5) is 12.2. The van der Waals surface area contributed by atoms with Crippen LogP contribution in [0.25, 0.3) is 0 Å². The molecule has 0 saturated carbocycles. The largest absolute Gasteiger partial charge is 0.481 e. The molecule has 7 heteroatoms. The third-order valence-electron chi connectivity index (χ3n) is 2.48. The predicted octanol–water partition coefficient (Wildman–Crippen LogP) is 1.12. The highest BCUT2D eigenvalue weighted by atomic mass is 16.5. The van der Waals surface area contributed by atoms with E-state index in [2.05, 4.69) is 25.6 Å².